The maximum atomic E-state index is 10.1. The summed E-state index contributed by atoms with van der Waals surface area (Å²) in [5, 5.41) is 11.0. The van der Waals surface area contributed by atoms with E-state index in [0.717, 1.165) is 5.56 Å². The molecule has 0 heterocycles. The van der Waals surface area contributed by atoms with Crippen LogP contribution in [0.5, 0.6) is 5.75 Å². The van der Waals surface area contributed by atoms with Crippen LogP contribution in [0.15, 0.2) is 12.1 Å². The SMILES string of the molecule is Cc1c(Cl)cc(OCC(=O)[O-])cc1Cl. The zero-order valence-corrected chi connectivity index (χ0v) is 8.85. The number of aliphatic carboxylic acids is 1. The summed E-state index contributed by atoms with van der Waals surface area (Å²) < 4.78 is 4.85. The van der Waals surface area contributed by atoms with Gasteiger partial charge in [0.15, 0.2) is 0 Å². The molecule has 3 nitrogen and oxygen atoms in total. The van der Waals surface area contributed by atoms with Crippen LogP contribution >= 0.6 is 23.2 Å². The Kier molecular flexibility index (Phi) is 3.61. The molecule has 14 heavy (non-hydrogen) atoms. The second-order valence-electron chi connectivity index (χ2n) is 2.67. The number of hydrogen-bond donors (Lipinski definition) is 0. The lowest BCUT2D eigenvalue weighted by Gasteiger charge is -2.09. The Morgan fingerprint density at radius 3 is 2.36 bits per heavy atom. The fourth-order valence-electron chi connectivity index (χ4n) is 0.848. The summed E-state index contributed by atoms with van der Waals surface area (Å²) in [6, 6.07) is 3.01. The molecule has 0 N–H and O–H groups in total. The molecule has 1 aromatic rings. The third kappa shape index (κ3) is 2.79. The summed E-state index contributed by atoms with van der Waals surface area (Å²) in [6.45, 7) is 1.24. The van der Waals surface area contributed by atoms with Crippen molar-refractivity contribution in [2.24, 2.45) is 0 Å². The number of carbonyl (C=O) groups is 1. The molecule has 0 unspecified atom stereocenters. The van der Waals surface area contributed by atoms with Gasteiger partial charge < -0.3 is 14.6 Å². The second kappa shape index (κ2) is 4.53. The molecule has 0 saturated heterocycles. The smallest absolute Gasteiger partial charge is 0.128 e. The highest BCUT2D eigenvalue weighted by Gasteiger charge is 2.04. The second-order valence-corrected chi connectivity index (χ2v) is 3.49. The van der Waals surface area contributed by atoms with Crippen molar-refractivity contribution in [3.63, 3.8) is 0 Å². The van der Waals surface area contributed by atoms with Crippen molar-refractivity contribution in [2.45, 2.75) is 6.92 Å². The van der Waals surface area contributed by atoms with Gasteiger partial charge in [0.2, 0.25) is 0 Å². The van der Waals surface area contributed by atoms with Gasteiger partial charge in [-0.25, -0.2) is 0 Å². The van der Waals surface area contributed by atoms with Crippen LogP contribution in [0, 0.1) is 6.92 Å². The maximum Gasteiger partial charge on any atom is 0.128 e. The molecule has 0 aromatic heterocycles. The van der Waals surface area contributed by atoms with Gasteiger partial charge in [0.25, 0.3) is 0 Å². The Bertz CT molecular complexity index is 340. The molecule has 0 aliphatic rings. The molecule has 0 saturated carbocycles. The molecule has 0 spiro atoms. The largest absolute Gasteiger partial charge is 0.546 e. The predicted octanol–water partition coefficient (Wildman–Crippen LogP) is 1.43. The standard InChI is InChI=1S/C9H8Cl2O3/c1-5-7(10)2-6(3-8(5)11)14-4-9(12)13/h2-3H,4H2,1H3,(H,12,13)/p-1. The van der Waals surface area contributed by atoms with Crippen LogP contribution in [-0.2, 0) is 4.79 Å². The van der Waals surface area contributed by atoms with Crippen LogP contribution in [0.4, 0.5) is 0 Å². The first kappa shape index (κ1) is 11.1. The average Bonchev–Trinajstić information content (AvgIpc) is 2.10. The maximum absolute atomic E-state index is 10.1. The van der Waals surface area contributed by atoms with Crippen LogP contribution < -0.4 is 9.84 Å². The molecule has 0 fully saturated rings. The van der Waals surface area contributed by atoms with Crippen molar-refractivity contribution in [3.8, 4) is 5.75 Å². The minimum Gasteiger partial charge on any atom is -0.546 e. The summed E-state index contributed by atoms with van der Waals surface area (Å²) in [6.07, 6.45) is 0. The number of rotatable bonds is 3. The number of hydrogen-bond acceptors (Lipinski definition) is 3. The van der Waals surface area contributed by atoms with E-state index in [4.69, 9.17) is 27.9 Å². The van der Waals surface area contributed by atoms with Crippen LogP contribution in [0.3, 0.4) is 0 Å². The highest BCUT2D eigenvalue weighted by molar-refractivity contribution is 6.36. The molecule has 0 amide bonds. The van der Waals surface area contributed by atoms with Crippen LogP contribution in [0.25, 0.3) is 0 Å². The number of benzene rings is 1. The zero-order chi connectivity index (χ0) is 10.7. The first-order chi connectivity index (χ1) is 6.50. The van der Waals surface area contributed by atoms with Crippen molar-refractivity contribution in [2.75, 3.05) is 6.61 Å². The number of ether oxygens (including phenoxy) is 1. The molecule has 5 heteroatoms. The van der Waals surface area contributed by atoms with E-state index in [-0.39, 0.29) is 0 Å². The lowest BCUT2D eigenvalue weighted by molar-refractivity contribution is -0.307. The Morgan fingerprint density at radius 1 is 1.43 bits per heavy atom. The first-order valence-electron chi connectivity index (χ1n) is 3.79. The number of carboxylic acid groups (broad SMARTS) is 1. The Morgan fingerprint density at radius 2 is 1.93 bits per heavy atom. The molecule has 1 aromatic carbocycles. The van der Waals surface area contributed by atoms with Gasteiger partial charge in [0, 0.05) is 10.0 Å². The zero-order valence-electron chi connectivity index (χ0n) is 7.34. The Balaban J connectivity index is 2.84. The van der Waals surface area contributed by atoms with Crippen LogP contribution in [-0.4, -0.2) is 12.6 Å². The van der Waals surface area contributed by atoms with E-state index < -0.39 is 12.6 Å². The van der Waals surface area contributed by atoms with Gasteiger partial charge in [-0.15, -0.1) is 0 Å². The van der Waals surface area contributed by atoms with E-state index in [2.05, 4.69) is 0 Å². The van der Waals surface area contributed by atoms with Crippen LogP contribution in [0.2, 0.25) is 10.0 Å². The van der Waals surface area contributed by atoms with E-state index >= 15 is 0 Å². The fraction of sp³-hybridized carbons (Fsp3) is 0.222. The molecule has 76 valence electrons. The number of carbonyl (C=O) groups excluding carboxylic acids is 1. The van der Waals surface area contributed by atoms with E-state index in [1.165, 1.54) is 12.1 Å². The van der Waals surface area contributed by atoms with Crippen LogP contribution in [0.1, 0.15) is 5.56 Å². The topological polar surface area (TPSA) is 49.4 Å². The summed E-state index contributed by atoms with van der Waals surface area (Å²) in [5.74, 6) is -0.979. The van der Waals surface area contributed by atoms with Crippen molar-refractivity contribution in [3.05, 3.63) is 27.7 Å². The lowest BCUT2D eigenvalue weighted by Crippen LogP contribution is -2.28. The minimum absolute atomic E-state index is 0.315. The molecule has 0 atom stereocenters. The molecular formula is C9H7Cl2O3-. The molecule has 0 aliphatic heterocycles. The van der Waals surface area contributed by atoms with E-state index in [0.29, 0.717) is 15.8 Å². The Hall–Kier alpha value is -0.930. The quantitative estimate of drug-likeness (QED) is 0.794. The first-order valence-corrected chi connectivity index (χ1v) is 4.54. The van der Waals surface area contributed by atoms with E-state index in [1.54, 1.807) is 6.92 Å². The summed E-state index contributed by atoms with van der Waals surface area (Å²) in [4.78, 5) is 10.1. The normalized spacial score (nSPS) is 9.93. The fourth-order valence-corrected chi connectivity index (χ4v) is 1.31. The highest BCUT2D eigenvalue weighted by Crippen LogP contribution is 2.29. The van der Waals surface area contributed by atoms with E-state index in [1.807, 2.05) is 0 Å². The Labute approximate surface area is 91.2 Å². The average molecular weight is 234 g/mol. The van der Waals surface area contributed by atoms with Gasteiger partial charge in [-0.2, -0.15) is 0 Å². The molecular weight excluding hydrogens is 227 g/mol. The van der Waals surface area contributed by atoms with Gasteiger partial charge in [-0.05, 0) is 24.6 Å². The highest BCUT2D eigenvalue weighted by atomic mass is 35.5. The van der Waals surface area contributed by atoms with Crippen molar-refractivity contribution >= 4 is 29.2 Å². The van der Waals surface area contributed by atoms with Gasteiger partial charge in [-0.1, -0.05) is 23.2 Å². The minimum atomic E-state index is -1.29. The van der Waals surface area contributed by atoms with E-state index in [9.17, 15) is 9.90 Å². The lowest BCUT2D eigenvalue weighted by atomic mass is 10.2. The van der Waals surface area contributed by atoms with Gasteiger partial charge in [0.05, 0.1) is 5.97 Å². The molecule has 1 rings (SSSR count). The monoisotopic (exact) mass is 233 g/mol. The van der Waals surface area contributed by atoms with Crippen molar-refractivity contribution in [1.82, 2.24) is 0 Å². The third-order valence-electron chi connectivity index (χ3n) is 1.61. The van der Waals surface area contributed by atoms with Crippen molar-refractivity contribution in [1.29, 1.82) is 0 Å². The number of carboxylic acids is 1. The van der Waals surface area contributed by atoms with Gasteiger partial charge in [0.1, 0.15) is 12.4 Å². The summed E-state index contributed by atoms with van der Waals surface area (Å²) in [7, 11) is 0. The summed E-state index contributed by atoms with van der Waals surface area (Å²) in [5.41, 5.74) is 0.731. The van der Waals surface area contributed by atoms with Gasteiger partial charge >= 0.3 is 0 Å². The molecule has 0 bridgehead atoms. The predicted molar refractivity (Wildman–Crippen MR) is 51.7 cm³/mol. The molecule has 0 radical (unpaired) electrons. The third-order valence-corrected chi connectivity index (χ3v) is 2.40. The summed E-state index contributed by atoms with van der Waals surface area (Å²) >= 11 is 11.6. The van der Waals surface area contributed by atoms with Gasteiger partial charge in [-0.3, -0.25) is 0 Å². The van der Waals surface area contributed by atoms with Crippen molar-refractivity contribution < 1.29 is 14.6 Å². The number of halogens is 2. The molecule has 0 aliphatic carbocycles.